The average molecular weight is 457 g/mol. The molecular weight excluding hydrogens is 432 g/mol. The van der Waals surface area contributed by atoms with Crippen LogP contribution >= 0.6 is 0 Å². The number of carbonyl (C=O) groups excluding carboxylic acids is 4. The van der Waals surface area contributed by atoms with E-state index in [1.165, 1.54) is 6.92 Å². The Hall–Kier alpha value is -4.20. The van der Waals surface area contributed by atoms with Crippen molar-refractivity contribution in [1.82, 2.24) is 10.2 Å². The molecule has 2 aliphatic rings. The van der Waals surface area contributed by atoms with Crippen molar-refractivity contribution in [2.75, 3.05) is 23.3 Å². The van der Waals surface area contributed by atoms with Crippen LogP contribution in [0.15, 0.2) is 60.7 Å². The molecule has 8 nitrogen and oxygen atoms in total. The first-order valence-electron chi connectivity index (χ1n) is 11.1. The van der Waals surface area contributed by atoms with Gasteiger partial charge in [0, 0.05) is 24.8 Å². The molecule has 0 aromatic heterocycles. The Morgan fingerprint density at radius 2 is 1.82 bits per heavy atom. The zero-order valence-corrected chi connectivity index (χ0v) is 18.9. The van der Waals surface area contributed by atoms with E-state index in [1.54, 1.807) is 24.0 Å². The van der Waals surface area contributed by atoms with E-state index in [0.717, 1.165) is 26.9 Å². The first kappa shape index (κ1) is 21.6. The zero-order valence-electron chi connectivity index (χ0n) is 18.9. The van der Waals surface area contributed by atoms with Crippen LogP contribution < -0.4 is 15.5 Å². The summed E-state index contributed by atoms with van der Waals surface area (Å²) in [7, 11) is 0. The van der Waals surface area contributed by atoms with Gasteiger partial charge >= 0.3 is 6.03 Å². The smallest absolute Gasteiger partial charge is 0.325 e. The van der Waals surface area contributed by atoms with Crippen LogP contribution in [0.5, 0.6) is 0 Å². The first-order chi connectivity index (χ1) is 16.3. The fraction of sp³-hybridized carbons (Fsp3) is 0.231. The molecule has 0 saturated carbocycles. The molecule has 0 bridgehead atoms. The molecule has 3 aromatic rings. The molecule has 0 aliphatic carbocycles. The van der Waals surface area contributed by atoms with Crippen molar-refractivity contribution in [2.24, 2.45) is 0 Å². The molecule has 3 aromatic carbocycles. The number of urea groups is 1. The Balaban J connectivity index is 1.33. The van der Waals surface area contributed by atoms with E-state index in [9.17, 15) is 19.2 Å². The minimum absolute atomic E-state index is 0.0247. The lowest BCUT2D eigenvalue weighted by atomic mass is 9.88. The van der Waals surface area contributed by atoms with Crippen LogP contribution in [0.1, 0.15) is 25.0 Å². The van der Waals surface area contributed by atoms with Gasteiger partial charge in [-0.05, 0) is 53.4 Å². The van der Waals surface area contributed by atoms with Gasteiger partial charge in [0.15, 0.2) is 0 Å². The molecule has 2 heterocycles. The molecule has 172 valence electrons. The number of fused-ring (bicyclic) bond motifs is 2. The molecular formula is C26H24N4O4. The standard InChI is InChI=1S/C26H24N4O4/c1-16(31)29-13-12-18-14-19(10-11-22(18)29)27-23(32)15-30-24(33)26(2,28-25(30)34)21-9-5-7-17-6-3-4-8-20(17)21/h3-11,14H,12-13,15H2,1-2H3,(H,27,32)(H,28,34)/t26-/m1/s1. The molecule has 5 amide bonds. The number of nitrogens with one attached hydrogen (secondary N) is 2. The fourth-order valence-corrected chi connectivity index (χ4v) is 4.84. The molecule has 34 heavy (non-hydrogen) atoms. The Labute approximate surface area is 196 Å². The minimum Gasteiger partial charge on any atom is -0.325 e. The highest BCUT2D eigenvalue weighted by Gasteiger charge is 2.50. The summed E-state index contributed by atoms with van der Waals surface area (Å²) in [6, 6.07) is 18.0. The Morgan fingerprint density at radius 1 is 1.06 bits per heavy atom. The SMILES string of the molecule is CC(=O)N1CCc2cc(NC(=O)CN3C(=O)N[C@](C)(c4cccc5ccccc45)C3=O)ccc21. The van der Waals surface area contributed by atoms with Crippen LogP contribution in [0, 0.1) is 0 Å². The fourth-order valence-electron chi connectivity index (χ4n) is 4.84. The van der Waals surface area contributed by atoms with Gasteiger partial charge in [0.1, 0.15) is 12.1 Å². The maximum atomic E-state index is 13.3. The van der Waals surface area contributed by atoms with Gasteiger partial charge < -0.3 is 15.5 Å². The number of amides is 5. The highest BCUT2D eigenvalue weighted by Crippen LogP contribution is 2.34. The van der Waals surface area contributed by atoms with Crippen LogP contribution in [0.25, 0.3) is 10.8 Å². The molecule has 1 atom stereocenters. The number of nitrogens with zero attached hydrogens (tertiary/aromatic N) is 2. The van der Waals surface area contributed by atoms with Crippen molar-refractivity contribution in [3.8, 4) is 0 Å². The van der Waals surface area contributed by atoms with Gasteiger partial charge in [-0.3, -0.25) is 19.3 Å². The summed E-state index contributed by atoms with van der Waals surface area (Å²) in [5.41, 5.74) is 1.76. The topological polar surface area (TPSA) is 98.8 Å². The monoisotopic (exact) mass is 456 g/mol. The highest BCUT2D eigenvalue weighted by molar-refractivity contribution is 6.11. The zero-order chi connectivity index (χ0) is 24.0. The Kier molecular flexibility index (Phi) is 5.08. The van der Waals surface area contributed by atoms with Crippen molar-refractivity contribution in [3.63, 3.8) is 0 Å². The van der Waals surface area contributed by atoms with E-state index < -0.39 is 29.9 Å². The largest absolute Gasteiger partial charge is 0.325 e. The highest BCUT2D eigenvalue weighted by atomic mass is 16.2. The summed E-state index contributed by atoms with van der Waals surface area (Å²) in [6.45, 7) is 3.39. The quantitative estimate of drug-likeness (QED) is 0.589. The summed E-state index contributed by atoms with van der Waals surface area (Å²) in [5, 5.41) is 7.37. The number of anilines is 2. The molecule has 0 unspecified atom stereocenters. The van der Waals surface area contributed by atoms with E-state index in [0.29, 0.717) is 24.2 Å². The summed E-state index contributed by atoms with van der Waals surface area (Å²) in [6.07, 6.45) is 0.703. The van der Waals surface area contributed by atoms with Gasteiger partial charge in [-0.2, -0.15) is 0 Å². The lowest BCUT2D eigenvalue weighted by Crippen LogP contribution is -2.42. The molecule has 1 saturated heterocycles. The lowest BCUT2D eigenvalue weighted by Gasteiger charge is -2.24. The third kappa shape index (κ3) is 3.48. The van der Waals surface area contributed by atoms with Gasteiger partial charge in [0.05, 0.1) is 0 Å². The Morgan fingerprint density at radius 3 is 2.62 bits per heavy atom. The maximum Gasteiger partial charge on any atom is 0.325 e. The first-order valence-corrected chi connectivity index (χ1v) is 11.1. The number of carbonyl (C=O) groups is 4. The predicted octanol–water partition coefficient (Wildman–Crippen LogP) is 3.15. The molecule has 5 rings (SSSR count). The number of hydrogen-bond acceptors (Lipinski definition) is 4. The van der Waals surface area contributed by atoms with E-state index in [-0.39, 0.29) is 5.91 Å². The number of rotatable bonds is 4. The second-order valence-corrected chi connectivity index (χ2v) is 8.79. The predicted molar refractivity (Wildman–Crippen MR) is 128 cm³/mol. The van der Waals surface area contributed by atoms with E-state index in [4.69, 9.17) is 0 Å². The Bertz CT molecular complexity index is 1360. The molecule has 0 radical (unpaired) electrons. The summed E-state index contributed by atoms with van der Waals surface area (Å²) in [4.78, 5) is 53.2. The molecule has 2 aliphatic heterocycles. The molecule has 1 fully saturated rings. The van der Waals surface area contributed by atoms with Gasteiger partial charge in [0.25, 0.3) is 5.91 Å². The van der Waals surface area contributed by atoms with Gasteiger partial charge in [-0.1, -0.05) is 42.5 Å². The summed E-state index contributed by atoms with van der Waals surface area (Å²) in [5.74, 6) is -0.981. The second-order valence-electron chi connectivity index (χ2n) is 8.79. The van der Waals surface area contributed by atoms with E-state index >= 15 is 0 Å². The van der Waals surface area contributed by atoms with E-state index in [1.807, 2.05) is 48.5 Å². The lowest BCUT2D eigenvalue weighted by molar-refractivity contribution is -0.133. The van der Waals surface area contributed by atoms with Crippen molar-refractivity contribution < 1.29 is 19.2 Å². The summed E-state index contributed by atoms with van der Waals surface area (Å²) < 4.78 is 0. The second kappa shape index (κ2) is 7.98. The van der Waals surface area contributed by atoms with Gasteiger partial charge in [-0.25, -0.2) is 4.79 Å². The van der Waals surface area contributed by atoms with Crippen molar-refractivity contribution in [3.05, 3.63) is 71.8 Å². The third-order valence-corrected chi connectivity index (χ3v) is 6.54. The molecule has 8 heteroatoms. The normalized spacial score (nSPS) is 19.4. The van der Waals surface area contributed by atoms with Crippen LogP contribution in [0.2, 0.25) is 0 Å². The molecule has 0 spiro atoms. The summed E-state index contributed by atoms with van der Waals surface area (Å²) >= 11 is 0. The third-order valence-electron chi connectivity index (χ3n) is 6.54. The number of imide groups is 1. The van der Waals surface area contributed by atoms with E-state index in [2.05, 4.69) is 10.6 Å². The van der Waals surface area contributed by atoms with Crippen LogP contribution in [0.4, 0.5) is 16.2 Å². The number of benzene rings is 3. The maximum absolute atomic E-state index is 13.3. The van der Waals surface area contributed by atoms with Crippen LogP contribution in [-0.2, 0) is 26.3 Å². The molecule has 2 N–H and O–H groups in total. The number of hydrogen-bond donors (Lipinski definition) is 2. The van der Waals surface area contributed by atoms with Gasteiger partial charge in [-0.15, -0.1) is 0 Å². The van der Waals surface area contributed by atoms with Crippen LogP contribution in [0.3, 0.4) is 0 Å². The van der Waals surface area contributed by atoms with Crippen molar-refractivity contribution in [2.45, 2.75) is 25.8 Å². The average Bonchev–Trinajstić information content (AvgIpc) is 3.33. The van der Waals surface area contributed by atoms with Crippen LogP contribution in [-0.4, -0.2) is 41.7 Å². The van der Waals surface area contributed by atoms with Crippen molar-refractivity contribution >= 4 is 45.9 Å². The van der Waals surface area contributed by atoms with Crippen molar-refractivity contribution in [1.29, 1.82) is 0 Å². The van der Waals surface area contributed by atoms with Gasteiger partial charge in [0.2, 0.25) is 11.8 Å². The minimum atomic E-state index is -1.28.